The second kappa shape index (κ2) is 18.5. The van der Waals surface area contributed by atoms with Crippen LogP contribution in [0.2, 0.25) is 0 Å². The highest BCUT2D eigenvalue weighted by atomic mass is 16.8. The van der Waals surface area contributed by atoms with Gasteiger partial charge in [0.05, 0.1) is 24.5 Å². The Kier molecular flexibility index (Phi) is 14.0. The summed E-state index contributed by atoms with van der Waals surface area (Å²) in [6, 6.07) is -0.630. The molecular weight excluding hydrogens is 828 g/mol. The van der Waals surface area contributed by atoms with E-state index in [0.29, 0.717) is 0 Å². The third-order valence-electron chi connectivity index (χ3n) is 9.99. The summed E-state index contributed by atoms with van der Waals surface area (Å²) in [5, 5.41) is 127. The van der Waals surface area contributed by atoms with Crippen molar-refractivity contribution < 1.29 is 118 Å². The predicted molar refractivity (Wildman–Crippen MR) is 189 cm³/mol. The average Bonchev–Trinajstić information content (AvgIpc) is 3.52. The van der Waals surface area contributed by atoms with E-state index in [0.717, 1.165) is 29.7 Å². The summed E-state index contributed by atoms with van der Waals surface area (Å²) in [5.74, 6) is -10.1. The molecule has 25 heteroatoms. The van der Waals surface area contributed by atoms with Gasteiger partial charge in [-0.3, -0.25) is 9.59 Å². The van der Waals surface area contributed by atoms with Crippen molar-refractivity contribution in [2.75, 3.05) is 6.61 Å². The van der Waals surface area contributed by atoms with Gasteiger partial charge in [0, 0.05) is 24.5 Å². The molecule has 0 spiro atoms. The van der Waals surface area contributed by atoms with E-state index < -0.39 is 152 Å². The number of carboxylic acids is 5. The molecule has 5 rings (SSSR count). The van der Waals surface area contributed by atoms with E-state index in [-0.39, 0.29) is 29.7 Å². The van der Waals surface area contributed by atoms with Crippen LogP contribution in [0.25, 0.3) is 0 Å². The number of carboxylic acid groups (broad SMARTS) is 5. The molecule has 4 heterocycles. The topological polar surface area (TPSA) is 409 Å². The van der Waals surface area contributed by atoms with Crippen LogP contribution in [0.5, 0.6) is 11.5 Å². The van der Waals surface area contributed by atoms with Crippen molar-refractivity contribution in [1.29, 1.82) is 0 Å². The van der Waals surface area contributed by atoms with Crippen LogP contribution in [0, 0.1) is 0 Å². The molecule has 0 bridgehead atoms. The van der Waals surface area contributed by atoms with E-state index in [4.69, 9.17) is 28.8 Å². The van der Waals surface area contributed by atoms with Crippen LogP contribution in [-0.2, 0) is 54.1 Å². The summed E-state index contributed by atoms with van der Waals surface area (Å²) in [4.78, 5) is 70.8. The van der Waals surface area contributed by atoms with Crippen LogP contribution in [-0.4, -0.2) is 188 Å². The number of nitrogens with zero attached hydrogens (tertiary/aromatic N) is 1. The first-order valence-electron chi connectivity index (χ1n) is 18.2. The van der Waals surface area contributed by atoms with Gasteiger partial charge in [0.2, 0.25) is 18.0 Å². The number of rotatable bonds is 15. The van der Waals surface area contributed by atoms with Gasteiger partial charge in [-0.1, -0.05) is 0 Å². The molecular formula is C36H42N2O23. The normalized spacial score (nSPS) is 33.4. The van der Waals surface area contributed by atoms with Crippen LogP contribution in [0.15, 0.2) is 35.6 Å². The Morgan fingerprint density at radius 1 is 0.902 bits per heavy atom. The Hall–Kier alpha value is -5.77. The molecule has 4 aliphatic rings. The number of fused-ring (bicyclic) bond motifs is 1. The fourth-order valence-corrected chi connectivity index (χ4v) is 6.93. The minimum Gasteiger partial charge on any atom is -0.543 e. The molecule has 0 radical (unpaired) electrons. The highest BCUT2D eigenvalue weighted by Crippen LogP contribution is 2.41. The number of aliphatic hydroxyl groups is 6. The highest BCUT2D eigenvalue weighted by Gasteiger charge is 2.53. The fraction of sp³-hybridized carbons (Fsp3) is 0.528. The van der Waals surface area contributed by atoms with Gasteiger partial charge < -0.3 is 95.1 Å². The number of aliphatic hydroxyl groups excluding tert-OH is 5. The van der Waals surface area contributed by atoms with Gasteiger partial charge in [-0.25, -0.2) is 14.4 Å². The third-order valence-corrected chi connectivity index (χ3v) is 9.99. The molecule has 4 aliphatic heterocycles. The number of ether oxygens (including phenoxy) is 5. The highest BCUT2D eigenvalue weighted by molar-refractivity contribution is 5.89. The molecule has 12 N–H and O–H groups in total. The van der Waals surface area contributed by atoms with E-state index in [1.165, 1.54) is 12.3 Å². The number of aromatic hydroxyl groups is 1. The molecule has 13 atom stereocenters. The molecule has 1 aromatic rings. The summed E-state index contributed by atoms with van der Waals surface area (Å²) in [5.41, 5.74) is -2.12. The maximum absolute atomic E-state index is 12.5. The molecule has 0 aliphatic carbocycles. The number of carbonyl (C=O) groups is 6. The smallest absolute Gasteiger partial charge is 0.351 e. The lowest BCUT2D eigenvalue weighted by atomic mass is 9.97. The van der Waals surface area contributed by atoms with E-state index in [1.54, 1.807) is 0 Å². The monoisotopic (exact) mass is 870 g/mol. The van der Waals surface area contributed by atoms with Crippen LogP contribution >= 0.6 is 0 Å². The second-order valence-corrected chi connectivity index (χ2v) is 14.8. The standard InChI is InChI=1S/C36H42N2O23/c1-36(56,9-21(40)41)10-22(42)57-11-20-23(43)25(45)29(61-34-27(47)24(44)26(46)28(60-34)33(54)55)35(59-20)58-19-7-13-6-17(32(52)53)38(16(13)8-18(19)39)3-2-12-4-14(30(48)49)37-15(5-12)31(50)51/h2-4,7-8,15,17,20,23-29,34-35,43-47,56H,5-6,9-11H2,1H3,(H6,39,40,41,48,49,50,51,52,53,54,55)/t15-,17-,20+,23+,24-,25-,26-,27+,28-,29+,34-,35+,36+/m0/s1. The molecule has 1 aromatic carbocycles. The molecule has 25 nitrogen and oxygen atoms in total. The SMILES string of the molecule is C[C@@](O)(CC(=O)O)CC(=O)OC[C@H]1O[C@@H](Oc2cc3c(cc2O)[N+](=C/C=C2/C=C(C(=O)O)N[C@H](C(=O)O)C2)[C@H](C(=O)[O-])C3)[C@H](O[C@@H]2O[C@H](C(=O)O)[C@@H](O)[C@H](O)[C@H]2O)[C@@H](O)[C@@H]1O. The van der Waals surface area contributed by atoms with E-state index in [1.807, 2.05) is 0 Å². The number of nitrogens with one attached hydrogen (secondary N) is 1. The molecule has 0 amide bonds. The molecule has 0 aromatic heterocycles. The van der Waals surface area contributed by atoms with Gasteiger partial charge >= 0.3 is 29.8 Å². The number of benzene rings is 1. The molecule has 0 saturated carbocycles. The number of esters is 1. The first-order chi connectivity index (χ1) is 28.5. The van der Waals surface area contributed by atoms with Crippen molar-refractivity contribution in [2.45, 2.75) is 112 Å². The lowest BCUT2D eigenvalue weighted by molar-refractivity contribution is -0.475. The maximum atomic E-state index is 12.5. The van der Waals surface area contributed by atoms with Gasteiger partial charge in [0.15, 0.2) is 36.2 Å². The first-order valence-corrected chi connectivity index (χ1v) is 18.2. The van der Waals surface area contributed by atoms with E-state index >= 15 is 0 Å². The minimum atomic E-state index is -2.19. The van der Waals surface area contributed by atoms with Crippen molar-refractivity contribution in [3.05, 3.63) is 41.1 Å². The molecule has 61 heavy (non-hydrogen) atoms. The number of phenols is 1. The maximum Gasteiger partial charge on any atom is 0.351 e. The van der Waals surface area contributed by atoms with Gasteiger partial charge in [0.1, 0.15) is 60.9 Å². The van der Waals surface area contributed by atoms with Gasteiger partial charge in [-0.15, -0.1) is 0 Å². The zero-order valence-corrected chi connectivity index (χ0v) is 31.6. The summed E-state index contributed by atoms with van der Waals surface area (Å²) < 4.78 is 28.5. The number of carbonyl (C=O) groups excluding carboxylic acids is 2. The fourth-order valence-electron chi connectivity index (χ4n) is 6.93. The third kappa shape index (κ3) is 10.6. The second-order valence-electron chi connectivity index (χ2n) is 14.8. The average molecular weight is 871 g/mol. The Balaban J connectivity index is 1.46. The Labute approximate surface area is 342 Å². The quantitative estimate of drug-likeness (QED) is 0.0577. The van der Waals surface area contributed by atoms with Crippen LogP contribution < -0.4 is 15.2 Å². The Morgan fingerprint density at radius 2 is 1.59 bits per heavy atom. The van der Waals surface area contributed by atoms with E-state index in [9.17, 15) is 84.9 Å². The van der Waals surface area contributed by atoms with Gasteiger partial charge in [0.25, 0.3) is 0 Å². The lowest BCUT2D eigenvalue weighted by Crippen LogP contribution is -2.65. The number of hydrogen-bond donors (Lipinski definition) is 12. The number of phenolic OH excluding ortho intramolecular Hbond substituents is 1. The summed E-state index contributed by atoms with van der Waals surface area (Å²) in [6.45, 7) is 0.153. The van der Waals surface area contributed by atoms with Crippen LogP contribution in [0.1, 0.15) is 31.7 Å². The van der Waals surface area contributed by atoms with Crippen molar-refractivity contribution in [3.63, 3.8) is 0 Å². The number of hydrogen-bond acceptors (Lipinski definition) is 20. The molecule has 2 saturated heterocycles. The Bertz CT molecular complexity index is 2010. The lowest BCUT2D eigenvalue weighted by Gasteiger charge is -2.45. The van der Waals surface area contributed by atoms with Crippen LogP contribution in [0.3, 0.4) is 0 Å². The van der Waals surface area contributed by atoms with Crippen molar-refractivity contribution in [1.82, 2.24) is 5.32 Å². The zero-order valence-electron chi connectivity index (χ0n) is 31.6. The van der Waals surface area contributed by atoms with E-state index in [2.05, 4.69) is 5.32 Å². The number of aliphatic carboxylic acids is 5. The van der Waals surface area contributed by atoms with Crippen molar-refractivity contribution in [2.24, 2.45) is 0 Å². The molecule has 334 valence electrons. The number of allylic oxidation sites excluding steroid dienone is 2. The summed E-state index contributed by atoms with van der Waals surface area (Å²) >= 11 is 0. The van der Waals surface area contributed by atoms with Gasteiger partial charge in [-0.05, 0) is 24.6 Å². The summed E-state index contributed by atoms with van der Waals surface area (Å²) in [6.07, 6.45) is -19.5. The van der Waals surface area contributed by atoms with Crippen LogP contribution in [0.4, 0.5) is 5.69 Å². The molecule has 0 unspecified atom stereocenters. The zero-order chi connectivity index (χ0) is 45.2. The largest absolute Gasteiger partial charge is 0.543 e. The minimum absolute atomic E-state index is 0.0458. The van der Waals surface area contributed by atoms with Crippen molar-refractivity contribution >= 4 is 47.7 Å². The van der Waals surface area contributed by atoms with Crippen molar-refractivity contribution in [3.8, 4) is 11.5 Å². The predicted octanol–water partition coefficient (Wildman–Crippen LogP) is -5.62. The first kappa shape index (κ1) is 46.3. The summed E-state index contributed by atoms with van der Waals surface area (Å²) in [7, 11) is 0. The Morgan fingerprint density at radius 3 is 2.20 bits per heavy atom. The molecule has 2 fully saturated rings. The van der Waals surface area contributed by atoms with Gasteiger partial charge in [-0.2, -0.15) is 4.58 Å².